The minimum atomic E-state index is -0.755. The van der Waals surface area contributed by atoms with Crippen LogP contribution in [0.4, 0.5) is 16.2 Å². The number of carbonyl (C=O) groups is 3. The van der Waals surface area contributed by atoms with Gasteiger partial charge in [0, 0.05) is 23.6 Å². The Labute approximate surface area is 208 Å². The highest BCUT2D eigenvalue weighted by Crippen LogP contribution is 2.62. The third kappa shape index (κ3) is 3.36. The molecular weight excluding hydrogens is 458 g/mol. The minimum absolute atomic E-state index is 0.184. The van der Waals surface area contributed by atoms with E-state index in [2.05, 4.69) is 5.32 Å². The van der Waals surface area contributed by atoms with Crippen molar-refractivity contribution in [2.24, 2.45) is 17.6 Å². The molecule has 0 unspecified atom stereocenters. The number of benzene rings is 3. The summed E-state index contributed by atoms with van der Waals surface area (Å²) in [7, 11) is 0. The molecule has 3 aromatic rings. The van der Waals surface area contributed by atoms with Crippen LogP contribution < -0.4 is 20.7 Å². The van der Waals surface area contributed by atoms with Gasteiger partial charge in [0.1, 0.15) is 5.75 Å². The van der Waals surface area contributed by atoms with Gasteiger partial charge in [-0.1, -0.05) is 42.5 Å². The Morgan fingerprint density at radius 2 is 1.81 bits per heavy atom. The van der Waals surface area contributed by atoms with Crippen molar-refractivity contribution in [1.82, 2.24) is 0 Å². The summed E-state index contributed by atoms with van der Waals surface area (Å²) in [6.07, 6.45) is 1.88. The fraction of sp³-hybridized carbons (Fsp3) is 0.321. The minimum Gasteiger partial charge on any atom is -0.493 e. The summed E-state index contributed by atoms with van der Waals surface area (Å²) in [6.45, 7) is 2.26. The Morgan fingerprint density at radius 1 is 1.06 bits per heavy atom. The fourth-order valence-corrected chi connectivity index (χ4v) is 6.40. The van der Waals surface area contributed by atoms with Crippen LogP contribution in [0.5, 0.6) is 5.75 Å². The van der Waals surface area contributed by atoms with Crippen LogP contribution in [0.1, 0.15) is 26.2 Å². The number of nitrogens with one attached hydrogen (secondary N) is 1. The predicted molar refractivity (Wildman–Crippen MR) is 135 cm³/mol. The first-order chi connectivity index (χ1) is 17.3. The summed E-state index contributed by atoms with van der Waals surface area (Å²) < 4.78 is 12.5. The van der Waals surface area contributed by atoms with Crippen molar-refractivity contribution in [2.45, 2.75) is 37.4 Å². The number of nitrogens with two attached hydrogens (primary N) is 1. The molecule has 3 N–H and O–H groups in total. The highest BCUT2D eigenvalue weighted by Gasteiger charge is 2.73. The Hall–Kier alpha value is -3.91. The van der Waals surface area contributed by atoms with Gasteiger partial charge in [0.15, 0.2) is 0 Å². The summed E-state index contributed by atoms with van der Waals surface area (Å²) in [6, 6.07) is 19.8. The van der Waals surface area contributed by atoms with Crippen LogP contribution in [-0.2, 0) is 14.3 Å². The number of imide groups is 1. The van der Waals surface area contributed by atoms with Crippen molar-refractivity contribution in [3.8, 4) is 5.75 Å². The average molecular weight is 486 g/mol. The maximum Gasteiger partial charge on any atom is 0.316 e. The number of primary amides is 1. The highest BCUT2D eigenvalue weighted by atomic mass is 16.5. The van der Waals surface area contributed by atoms with Crippen molar-refractivity contribution in [1.29, 1.82) is 0 Å². The van der Waals surface area contributed by atoms with Gasteiger partial charge in [-0.15, -0.1) is 0 Å². The topological polar surface area (TPSA) is 111 Å². The van der Waals surface area contributed by atoms with Crippen LogP contribution in [0.25, 0.3) is 10.8 Å². The van der Waals surface area contributed by atoms with Gasteiger partial charge in [0.05, 0.1) is 35.3 Å². The SMILES string of the molecule is C[C@]12CC[C@](CCOc3cccc(NC(N)=O)c3)(O1)[C@@H]1C(=O)N(c3cccc4ccccc34)C(=O)[C@@H]12. The van der Waals surface area contributed by atoms with Crippen LogP contribution >= 0.6 is 0 Å². The Kier molecular flexibility index (Phi) is 5.05. The van der Waals surface area contributed by atoms with Crippen LogP contribution in [0.15, 0.2) is 66.7 Å². The lowest BCUT2D eigenvalue weighted by atomic mass is 9.67. The summed E-state index contributed by atoms with van der Waals surface area (Å²) in [5.41, 5.74) is 4.93. The summed E-state index contributed by atoms with van der Waals surface area (Å²) >= 11 is 0. The highest BCUT2D eigenvalue weighted by molar-refractivity contribution is 6.26. The number of hydrogen-bond donors (Lipinski definition) is 2. The van der Waals surface area contributed by atoms with Crippen LogP contribution in [0.3, 0.4) is 0 Å². The number of anilines is 2. The maximum atomic E-state index is 13.9. The molecule has 4 atom stereocenters. The molecular formula is C28H27N3O5. The number of amides is 4. The van der Waals surface area contributed by atoms with Crippen LogP contribution in [-0.4, -0.2) is 35.7 Å². The van der Waals surface area contributed by atoms with Crippen molar-refractivity contribution in [3.05, 3.63) is 66.7 Å². The zero-order valence-electron chi connectivity index (χ0n) is 19.9. The number of ether oxygens (including phenoxy) is 2. The van der Waals surface area contributed by atoms with Gasteiger partial charge < -0.3 is 20.5 Å². The summed E-state index contributed by atoms with van der Waals surface area (Å²) in [5, 5.41) is 4.39. The first-order valence-electron chi connectivity index (χ1n) is 12.2. The van der Waals surface area contributed by atoms with Gasteiger partial charge in [0.25, 0.3) is 0 Å². The molecule has 3 saturated heterocycles. The van der Waals surface area contributed by atoms with Gasteiger partial charge in [-0.25, -0.2) is 9.69 Å². The number of hydrogen-bond acceptors (Lipinski definition) is 5. The van der Waals surface area contributed by atoms with Gasteiger partial charge in [-0.2, -0.15) is 0 Å². The Morgan fingerprint density at radius 3 is 2.64 bits per heavy atom. The predicted octanol–water partition coefficient (Wildman–Crippen LogP) is 4.23. The second kappa shape index (κ2) is 8.06. The number of nitrogens with zero attached hydrogens (tertiary/aromatic N) is 1. The van der Waals surface area contributed by atoms with E-state index in [1.807, 2.05) is 49.4 Å². The van der Waals surface area contributed by atoms with E-state index >= 15 is 0 Å². The molecule has 0 spiro atoms. The maximum absolute atomic E-state index is 13.9. The molecule has 36 heavy (non-hydrogen) atoms. The lowest BCUT2D eigenvalue weighted by molar-refractivity contribution is -0.131. The Bertz CT molecular complexity index is 1400. The van der Waals surface area contributed by atoms with Gasteiger partial charge >= 0.3 is 6.03 Å². The first-order valence-corrected chi connectivity index (χ1v) is 12.2. The number of rotatable bonds is 6. The largest absolute Gasteiger partial charge is 0.493 e. The van der Waals surface area contributed by atoms with E-state index in [9.17, 15) is 14.4 Å². The van der Waals surface area contributed by atoms with Gasteiger partial charge in [-0.05, 0) is 43.4 Å². The lowest BCUT2D eigenvalue weighted by Crippen LogP contribution is -2.43. The molecule has 3 heterocycles. The molecule has 6 rings (SSSR count). The van der Waals surface area contributed by atoms with Gasteiger partial charge in [0.2, 0.25) is 11.8 Å². The van der Waals surface area contributed by atoms with E-state index in [4.69, 9.17) is 15.2 Å². The van der Waals surface area contributed by atoms with Crippen molar-refractivity contribution in [2.75, 3.05) is 16.8 Å². The van der Waals surface area contributed by atoms with Crippen LogP contribution in [0, 0.1) is 11.8 Å². The molecule has 0 saturated carbocycles. The van der Waals surface area contributed by atoms with E-state index < -0.39 is 29.1 Å². The molecule has 2 bridgehead atoms. The van der Waals surface area contributed by atoms with E-state index in [1.165, 1.54) is 4.90 Å². The number of urea groups is 1. The second-order valence-corrected chi connectivity index (χ2v) is 10.1. The molecule has 0 aromatic heterocycles. The monoisotopic (exact) mass is 485 g/mol. The Balaban J connectivity index is 1.26. The average Bonchev–Trinajstić information content (AvgIpc) is 3.43. The standard InChI is InChI=1S/C28H27N3O5/c1-27-12-13-28(36-27,14-15-35-19-9-5-8-18(16-19)30-26(29)34)23-22(27)24(32)31(25(23)33)21-11-4-7-17-6-2-3-10-20(17)21/h2-11,16,22-23H,12-15H2,1H3,(H3,29,30,34)/t22-,23+,27-,28-/m1/s1. The zero-order valence-corrected chi connectivity index (χ0v) is 19.9. The molecule has 4 amide bonds. The van der Waals surface area contributed by atoms with Crippen LogP contribution in [0.2, 0.25) is 0 Å². The summed E-state index contributed by atoms with van der Waals surface area (Å²) in [5.74, 6) is -0.872. The van der Waals surface area contributed by atoms with Crippen molar-refractivity contribution in [3.63, 3.8) is 0 Å². The molecule has 3 aliphatic rings. The zero-order chi connectivity index (χ0) is 25.1. The van der Waals surface area contributed by atoms with E-state index in [1.54, 1.807) is 24.3 Å². The molecule has 0 aliphatic carbocycles. The lowest BCUT2D eigenvalue weighted by Gasteiger charge is -2.31. The number of fused-ring (bicyclic) bond motifs is 6. The van der Waals surface area contributed by atoms with E-state index in [-0.39, 0.29) is 11.8 Å². The normalized spacial score (nSPS) is 28.5. The van der Waals surface area contributed by atoms with E-state index in [0.717, 1.165) is 10.8 Å². The van der Waals surface area contributed by atoms with Crippen molar-refractivity contribution < 1.29 is 23.9 Å². The molecule has 3 aromatic carbocycles. The third-order valence-corrected chi connectivity index (χ3v) is 7.91. The fourth-order valence-electron chi connectivity index (χ4n) is 6.40. The van der Waals surface area contributed by atoms with Gasteiger partial charge in [-0.3, -0.25) is 9.59 Å². The molecule has 8 heteroatoms. The summed E-state index contributed by atoms with van der Waals surface area (Å²) in [4.78, 5) is 40.2. The molecule has 0 radical (unpaired) electrons. The quantitative estimate of drug-likeness (QED) is 0.508. The number of carbonyl (C=O) groups excluding carboxylic acids is 3. The third-order valence-electron chi connectivity index (χ3n) is 7.91. The second-order valence-electron chi connectivity index (χ2n) is 10.1. The molecule has 8 nitrogen and oxygen atoms in total. The first kappa shape index (κ1) is 22.5. The van der Waals surface area contributed by atoms with E-state index in [0.29, 0.717) is 43.0 Å². The van der Waals surface area contributed by atoms with Crippen molar-refractivity contribution >= 4 is 40.0 Å². The molecule has 3 aliphatic heterocycles. The molecule has 184 valence electrons. The molecule has 3 fully saturated rings. The smallest absolute Gasteiger partial charge is 0.316 e.